The molecule has 24 heavy (non-hydrogen) atoms. The second-order valence-electron chi connectivity index (χ2n) is 7.39. The number of rotatable bonds is 5. The van der Waals surface area contributed by atoms with Crippen molar-refractivity contribution < 1.29 is 4.39 Å². The van der Waals surface area contributed by atoms with Crippen molar-refractivity contribution in [3.05, 3.63) is 36.3 Å². The number of likely N-dealkylation sites (tertiary alicyclic amines) is 1. The Morgan fingerprint density at radius 3 is 2.50 bits per heavy atom. The summed E-state index contributed by atoms with van der Waals surface area (Å²) in [5.41, 5.74) is 1.73. The average molecular weight is 328 g/mol. The highest BCUT2D eigenvalue weighted by Crippen LogP contribution is 2.35. The van der Waals surface area contributed by atoms with Gasteiger partial charge in [-0.05, 0) is 56.4 Å². The highest BCUT2D eigenvalue weighted by Gasteiger charge is 2.29. The van der Waals surface area contributed by atoms with Crippen LogP contribution in [0.3, 0.4) is 0 Å². The molecule has 1 aliphatic heterocycles. The molecule has 1 atom stereocenters. The zero-order valence-electron chi connectivity index (χ0n) is 14.2. The Kier molecular flexibility index (Phi) is 4.35. The summed E-state index contributed by atoms with van der Waals surface area (Å²) in [5, 5.41) is 8.59. The average Bonchev–Trinajstić information content (AvgIpc) is 3.28. The van der Waals surface area contributed by atoms with E-state index in [0.717, 1.165) is 43.1 Å². The van der Waals surface area contributed by atoms with E-state index < -0.39 is 0 Å². The van der Waals surface area contributed by atoms with Gasteiger partial charge in [-0.1, -0.05) is 18.1 Å². The van der Waals surface area contributed by atoms with Gasteiger partial charge in [-0.3, -0.25) is 0 Å². The lowest BCUT2D eigenvalue weighted by molar-refractivity contribution is 0.129. The smallest absolute Gasteiger partial charge is 0.123 e. The number of benzene rings is 1. The Hall–Kier alpha value is -1.75. The van der Waals surface area contributed by atoms with Crippen molar-refractivity contribution >= 4 is 0 Å². The highest BCUT2D eigenvalue weighted by molar-refractivity contribution is 5.57. The van der Waals surface area contributed by atoms with Crippen LogP contribution in [0.15, 0.2) is 30.5 Å². The van der Waals surface area contributed by atoms with Gasteiger partial charge in [0, 0.05) is 24.7 Å². The maximum atomic E-state index is 13.0. The molecule has 2 aromatic rings. The van der Waals surface area contributed by atoms with Crippen LogP contribution in [0.2, 0.25) is 0 Å². The third kappa shape index (κ3) is 3.51. The number of piperidine rings is 1. The minimum absolute atomic E-state index is 0.223. The van der Waals surface area contributed by atoms with Gasteiger partial charge in [0.15, 0.2) is 0 Å². The molecule has 2 aliphatic rings. The van der Waals surface area contributed by atoms with Crippen LogP contribution in [-0.4, -0.2) is 39.0 Å². The summed E-state index contributed by atoms with van der Waals surface area (Å²) in [6.07, 6.45) is 8.49. The Morgan fingerprint density at radius 1 is 1.12 bits per heavy atom. The number of halogens is 1. The summed E-state index contributed by atoms with van der Waals surface area (Å²) in [4.78, 5) is 2.63. The van der Waals surface area contributed by atoms with Crippen LogP contribution >= 0.6 is 0 Å². The maximum Gasteiger partial charge on any atom is 0.123 e. The molecule has 1 unspecified atom stereocenters. The van der Waals surface area contributed by atoms with Gasteiger partial charge in [-0.25, -0.2) is 9.07 Å². The van der Waals surface area contributed by atoms with Crippen LogP contribution in [0.4, 0.5) is 4.39 Å². The predicted octanol–water partition coefficient (Wildman–Crippen LogP) is 3.91. The lowest BCUT2D eigenvalue weighted by Gasteiger charge is -2.36. The SMILES string of the molecule is CC(CC1CC1)N1CCC(n2cc(-c3ccc(F)cc3)nn2)CC1. The first kappa shape index (κ1) is 15.8. The number of hydrogen-bond donors (Lipinski definition) is 0. The van der Waals surface area contributed by atoms with Crippen LogP contribution in [0.5, 0.6) is 0 Å². The second-order valence-corrected chi connectivity index (χ2v) is 7.39. The quantitative estimate of drug-likeness (QED) is 0.834. The molecule has 1 saturated heterocycles. The minimum atomic E-state index is -0.223. The fourth-order valence-electron chi connectivity index (χ4n) is 3.78. The Labute approximate surface area is 142 Å². The molecule has 1 aliphatic carbocycles. The van der Waals surface area contributed by atoms with Crippen LogP contribution in [0.25, 0.3) is 11.3 Å². The molecule has 1 aromatic heterocycles. The molecule has 0 amide bonds. The van der Waals surface area contributed by atoms with Gasteiger partial charge in [-0.2, -0.15) is 0 Å². The van der Waals surface area contributed by atoms with Gasteiger partial charge in [0.1, 0.15) is 11.5 Å². The van der Waals surface area contributed by atoms with Gasteiger partial charge < -0.3 is 4.90 Å². The van der Waals surface area contributed by atoms with E-state index in [-0.39, 0.29) is 5.82 Å². The molecule has 0 N–H and O–H groups in total. The molecule has 2 fully saturated rings. The van der Waals surface area contributed by atoms with E-state index in [0.29, 0.717) is 12.1 Å². The van der Waals surface area contributed by atoms with Crippen molar-refractivity contribution in [3.63, 3.8) is 0 Å². The molecular formula is C19H25FN4. The summed E-state index contributed by atoms with van der Waals surface area (Å²) in [6, 6.07) is 7.58. The zero-order valence-corrected chi connectivity index (χ0v) is 14.2. The molecule has 128 valence electrons. The van der Waals surface area contributed by atoms with Gasteiger partial charge >= 0.3 is 0 Å². The molecular weight excluding hydrogens is 303 g/mol. The Morgan fingerprint density at radius 2 is 1.83 bits per heavy atom. The van der Waals surface area contributed by atoms with Gasteiger partial charge in [0.2, 0.25) is 0 Å². The molecule has 0 spiro atoms. The summed E-state index contributed by atoms with van der Waals surface area (Å²) in [7, 11) is 0. The Balaban J connectivity index is 1.36. The normalized spacial score (nSPS) is 21.1. The standard InChI is InChI=1S/C19H25FN4/c1-14(12-15-2-3-15)23-10-8-18(9-11-23)24-13-19(21-22-24)16-4-6-17(20)7-5-16/h4-7,13-15,18H,2-3,8-12H2,1H3. The van der Waals surface area contributed by atoms with E-state index in [1.54, 1.807) is 12.1 Å². The Bertz CT molecular complexity index is 669. The number of aromatic nitrogens is 3. The number of nitrogens with zero attached hydrogens (tertiary/aromatic N) is 4. The van der Waals surface area contributed by atoms with E-state index in [1.165, 1.54) is 31.4 Å². The molecule has 4 nitrogen and oxygen atoms in total. The van der Waals surface area contributed by atoms with Gasteiger partial charge in [-0.15, -0.1) is 5.10 Å². The fraction of sp³-hybridized carbons (Fsp3) is 0.579. The monoisotopic (exact) mass is 328 g/mol. The third-order valence-corrected chi connectivity index (χ3v) is 5.52. The van der Waals surface area contributed by atoms with Crippen LogP contribution < -0.4 is 0 Å². The van der Waals surface area contributed by atoms with Crippen LogP contribution in [0.1, 0.15) is 45.1 Å². The summed E-state index contributed by atoms with van der Waals surface area (Å²) >= 11 is 0. The van der Waals surface area contributed by atoms with Crippen molar-refractivity contribution in [2.75, 3.05) is 13.1 Å². The first-order valence-electron chi connectivity index (χ1n) is 9.11. The van der Waals surface area contributed by atoms with E-state index in [4.69, 9.17) is 0 Å². The molecule has 0 radical (unpaired) electrons. The van der Waals surface area contributed by atoms with Crippen LogP contribution in [-0.2, 0) is 0 Å². The van der Waals surface area contributed by atoms with E-state index in [2.05, 4.69) is 22.1 Å². The first-order valence-corrected chi connectivity index (χ1v) is 9.11. The molecule has 2 heterocycles. The van der Waals surface area contributed by atoms with Crippen molar-refractivity contribution in [3.8, 4) is 11.3 Å². The van der Waals surface area contributed by atoms with Gasteiger partial charge in [0.05, 0.1) is 12.2 Å². The fourth-order valence-corrected chi connectivity index (χ4v) is 3.78. The highest BCUT2D eigenvalue weighted by atomic mass is 19.1. The van der Waals surface area contributed by atoms with E-state index in [9.17, 15) is 4.39 Å². The third-order valence-electron chi connectivity index (χ3n) is 5.52. The van der Waals surface area contributed by atoms with Gasteiger partial charge in [0.25, 0.3) is 0 Å². The molecule has 5 heteroatoms. The molecule has 1 aromatic carbocycles. The molecule has 0 bridgehead atoms. The largest absolute Gasteiger partial charge is 0.300 e. The lowest BCUT2D eigenvalue weighted by atomic mass is 10.0. The predicted molar refractivity (Wildman–Crippen MR) is 92.1 cm³/mol. The zero-order chi connectivity index (χ0) is 16.5. The van der Waals surface area contributed by atoms with Crippen molar-refractivity contribution in [1.29, 1.82) is 0 Å². The minimum Gasteiger partial charge on any atom is -0.300 e. The van der Waals surface area contributed by atoms with Crippen LogP contribution in [0, 0.1) is 11.7 Å². The number of hydrogen-bond acceptors (Lipinski definition) is 3. The maximum absolute atomic E-state index is 13.0. The van der Waals surface area contributed by atoms with E-state index >= 15 is 0 Å². The van der Waals surface area contributed by atoms with E-state index in [1.807, 2.05) is 10.9 Å². The topological polar surface area (TPSA) is 34.0 Å². The lowest BCUT2D eigenvalue weighted by Crippen LogP contribution is -2.40. The summed E-state index contributed by atoms with van der Waals surface area (Å²) in [6.45, 7) is 4.66. The van der Waals surface area contributed by atoms with Crippen molar-refractivity contribution in [2.24, 2.45) is 5.92 Å². The van der Waals surface area contributed by atoms with Crippen molar-refractivity contribution in [1.82, 2.24) is 19.9 Å². The molecule has 4 rings (SSSR count). The first-order chi connectivity index (χ1) is 11.7. The van der Waals surface area contributed by atoms with Crippen molar-refractivity contribution in [2.45, 2.75) is 51.1 Å². The molecule has 1 saturated carbocycles. The summed E-state index contributed by atoms with van der Waals surface area (Å²) < 4.78 is 15.0. The summed E-state index contributed by atoms with van der Waals surface area (Å²) in [5.74, 6) is 0.769. The second kappa shape index (κ2) is 6.63.